The Balaban J connectivity index is 1.36. The fraction of sp³-hybridized carbons (Fsp3) is 0.391. The quantitative estimate of drug-likeness (QED) is 0.521. The minimum absolute atomic E-state index is 0.0124. The lowest BCUT2D eigenvalue weighted by Crippen LogP contribution is -2.56. The monoisotopic (exact) mass is 492 g/mol. The third-order valence-electron chi connectivity index (χ3n) is 5.95. The number of hydrogen-bond donors (Lipinski definition) is 1. The van der Waals surface area contributed by atoms with Crippen molar-refractivity contribution in [3.63, 3.8) is 0 Å². The topological polar surface area (TPSA) is 78.0 Å². The zero-order valence-electron chi connectivity index (χ0n) is 18.4. The maximum atomic E-state index is 14.4. The molecule has 5 rings (SSSR count). The van der Waals surface area contributed by atoms with Crippen molar-refractivity contribution in [2.75, 3.05) is 51.9 Å². The Morgan fingerprint density at radius 1 is 1.21 bits per heavy atom. The Hall–Kier alpha value is -2.79. The first-order valence-corrected chi connectivity index (χ1v) is 11.2. The van der Waals surface area contributed by atoms with Crippen LogP contribution in [0.2, 0.25) is 5.02 Å². The highest BCUT2D eigenvalue weighted by molar-refractivity contribution is 6.31. The fourth-order valence-corrected chi connectivity index (χ4v) is 4.28. The number of rotatable bonds is 6. The number of hydrogen-bond acceptors (Lipinski definition) is 8. The van der Waals surface area contributed by atoms with E-state index < -0.39 is 16.7 Å². The van der Waals surface area contributed by atoms with E-state index in [-0.39, 0.29) is 11.8 Å². The van der Waals surface area contributed by atoms with Crippen molar-refractivity contribution in [1.29, 1.82) is 0 Å². The van der Waals surface area contributed by atoms with Crippen molar-refractivity contribution >= 4 is 34.0 Å². The summed E-state index contributed by atoms with van der Waals surface area (Å²) >= 11 is 5.69. The SMILES string of the molecule is COc1cc2c(Nc3ccc(F)c(Cl)c3F)ncnc2cc1OC[C@@H]1CN2CCOC[C@H]2CO1. The molecule has 0 unspecified atom stereocenters. The van der Waals surface area contributed by atoms with Crippen LogP contribution in [0.1, 0.15) is 0 Å². The van der Waals surface area contributed by atoms with Crippen molar-refractivity contribution < 1.29 is 27.7 Å². The van der Waals surface area contributed by atoms with Crippen LogP contribution in [0.25, 0.3) is 10.9 Å². The molecule has 2 aliphatic heterocycles. The van der Waals surface area contributed by atoms with E-state index >= 15 is 0 Å². The van der Waals surface area contributed by atoms with Crippen molar-refractivity contribution in [2.45, 2.75) is 12.1 Å². The number of nitrogens with zero attached hydrogens (tertiary/aromatic N) is 3. The predicted octanol–water partition coefficient (Wildman–Crippen LogP) is 3.79. The Labute approximate surface area is 199 Å². The summed E-state index contributed by atoms with van der Waals surface area (Å²) in [5, 5.41) is 2.83. The second kappa shape index (κ2) is 9.83. The molecule has 2 saturated heterocycles. The summed E-state index contributed by atoms with van der Waals surface area (Å²) in [6, 6.07) is 6.06. The number of benzene rings is 2. The highest BCUT2D eigenvalue weighted by Gasteiger charge is 2.31. The number of ether oxygens (including phenoxy) is 4. The first-order valence-electron chi connectivity index (χ1n) is 10.8. The third kappa shape index (κ3) is 4.58. The molecule has 3 aromatic rings. The van der Waals surface area contributed by atoms with Crippen LogP contribution in [0.5, 0.6) is 11.5 Å². The molecule has 180 valence electrons. The second-order valence-electron chi connectivity index (χ2n) is 8.08. The number of methoxy groups -OCH3 is 1. The van der Waals surface area contributed by atoms with E-state index in [1.807, 2.05) is 0 Å². The summed E-state index contributed by atoms with van der Waals surface area (Å²) in [6.07, 6.45) is 1.26. The maximum Gasteiger partial charge on any atom is 0.168 e. The van der Waals surface area contributed by atoms with Crippen molar-refractivity contribution in [2.24, 2.45) is 0 Å². The van der Waals surface area contributed by atoms with E-state index in [0.29, 0.717) is 54.1 Å². The third-order valence-corrected chi connectivity index (χ3v) is 6.29. The Morgan fingerprint density at radius 2 is 2.09 bits per heavy atom. The molecule has 0 amide bonds. The maximum absolute atomic E-state index is 14.4. The van der Waals surface area contributed by atoms with Crippen LogP contribution in [0.15, 0.2) is 30.6 Å². The minimum Gasteiger partial charge on any atom is -0.493 e. The molecule has 34 heavy (non-hydrogen) atoms. The molecule has 1 N–H and O–H groups in total. The lowest BCUT2D eigenvalue weighted by molar-refractivity contribution is -0.124. The van der Waals surface area contributed by atoms with Gasteiger partial charge in [0.25, 0.3) is 0 Å². The minimum atomic E-state index is -0.907. The largest absolute Gasteiger partial charge is 0.493 e. The predicted molar refractivity (Wildman–Crippen MR) is 122 cm³/mol. The van der Waals surface area contributed by atoms with Gasteiger partial charge in [0.05, 0.1) is 44.2 Å². The highest BCUT2D eigenvalue weighted by atomic mass is 35.5. The average Bonchev–Trinajstić information content (AvgIpc) is 2.87. The molecular formula is C23H23ClF2N4O4. The molecule has 2 fully saturated rings. The average molecular weight is 493 g/mol. The normalized spacial score (nSPS) is 20.7. The van der Waals surface area contributed by atoms with Gasteiger partial charge in [-0.15, -0.1) is 0 Å². The molecule has 0 radical (unpaired) electrons. The van der Waals surface area contributed by atoms with E-state index in [1.54, 1.807) is 12.1 Å². The number of anilines is 2. The van der Waals surface area contributed by atoms with Crippen molar-refractivity contribution in [1.82, 2.24) is 14.9 Å². The summed E-state index contributed by atoms with van der Waals surface area (Å²) in [6.45, 7) is 4.03. The van der Waals surface area contributed by atoms with E-state index in [2.05, 4.69) is 20.2 Å². The van der Waals surface area contributed by atoms with Gasteiger partial charge in [0.2, 0.25) is 0 Å². The number of nitrogens with one attached hydrogen (secondary N) is 1. The van der Waals surface area contributed by atoms with Crippen LogP contribution in [0.3, 0.4) is 0 Å². The number of halogens is 3. The van der Waals surface area contributed by atoms with Crippen molar-refractivity contribution in [3.8, 4) is 11.5 Å². The fourth-order valence-electron chi connectivity index (χ4n) is 4.11. The molecule has 2 aromatic carbocycles. The smallest absolute Gasteiger partial charge is 0.168 e. The Kier molecular flexibility index (Phi) is 6.64. The molecule has 0 saturated carbocycles. The Morgan fingerprint density at radius 3 is 2.94 bits per heavy atom. The van der Waals surface area contributed by atoms with E-state index in [9.17, 15) is 8.78 Å². The van der Waals surface area contributed by atoms with Crippen LogP contribution in [-0.4, -0.2) is 73.6 Å². The zero-order chi connectivity index (χ0) is 23.7. The lowest BCUT2D eigenvalue weighted by atomic mass is 10.1. The van der Waals surface area contributed by atoms with E-state index in [1.165, 1.54) is 19.5 Å². The van der Waals surface area contributed by atoms with Crippen LogP contribution in [-0.2, 0) is 9.47 Å². The molecule has 0 bridgehead atoms. The summed E-state index contributed by atoms with van der Waals surface area (Å²) in [7, 11) is 1.53. The van der Waals surface area contributed by atoms with Gasteiger partial charge >= 0.3 is 0 Å². The van der Waals surface area contributed by atoms with Gasteiger partial charge in [0, 0.05) is 24.5 Å². The molecule has 3 heterocycles. The van der Waals surface area contributed by atoms with Gasteiger partial charge in [-0.1, -0.05) is 11.6 Å². The zero-order valence-corrected chi connectivity index (χ0v) is 19.1. The molecule has 0 spiro atoms. The first-order chi connectivity index (χ1) is 16.5. The van der Waals surface area contributed by atoms with E-state index in [0.717, 1.165) is 25.8 Å². The van der Waals surface area contributed by atoms with Gasteiger partial charge < -0.3 is 24.3 Å². The molecular weight excluding hydrogens is 470 g/mol. The van der Waals surface area contributed by atoms with Gasteiger partial charge in [-0.25, -0.2) is 18.7 Å². The number of fused-ring (bicyclic) bond motifs is 2. The highest BCUT2D eigenvalue weighted by Crippen LogP contribution is 2.36. The van der Waals surface area contributed by atoms with Gasteiger partial charge in [0.15, 0.2) is 17.3 Å². The van der Waals surface area contributed by atoms with Crippen LogP contribution >= 0.6 is 11.6 Å². The molecule has 11 heteroatoms. The van der Waals surface area contributed by atoms with Crippen molar-refractivity contribution in [3.05, 3.63) is 47.2 Å². The number of aromatic nitrogens is 2. The van der Waals surface area contributed by atoms with Gasteiger partial charge in [-0.2, -0.15) is 0 Å². The molecule has 2 aliphatic rings. The number of morpholine rings is 2. The molecule has 1 aromatic heterocycles. The van der Waals surface area contributed by atoms with Crippen LogP contribution in [0, 0.1) is 11.6 Å². The second-order valence-corrected chi connectivity index (χ2v) is 8.46. The summed E-state index contributed by atoms with van der Waals surface area (Å²) in [4.78, 5) is 10.9. The van der Waals surface area contributed by atoms with Gasteiger partial charge in [0.1, 0.15) is 35.7 Å². The first kappa shape index (κ1) is 23.0. The Bertz CT molecular complexity index is 1200. The molecule has 8 nitrogen and oxygen atoms in total. The van der Waals surface area contributed by atoms with E-state index in [4.69, 9.17) is 30.5 Å². The summed E-state index contributed by atoms with van der Waals surface area (Å²) in [5.41, 5.74) is 0.543. The van der Waals surface area contributed by atoms with Gasteiger partial charge in [-0.05, 0) is 18.2 Å². The van der Waals surface area contributed by atoms with Gasteiger partial charge in [-0.3, -0.25) is 4.90 Å². The summed E-state index contributed by atoms with van der Waals surface area (Å²) < 4.78 is 50.9. The lowest BCUT2D eigenvalue weighted by Gasteiger charge is -2.41. The molecule has 2 atom stereocenters. The van der Waals surface area contributed by atoms with Crippen LogP contribution < -0.4 is 14.8 Å². The standard InChI is InChI=1S/C23H23ClF2N4O4/c1-31-19-6-15-18(27-12-28-23(15)29-17-3-2-16(25)21(24)22(17)26)7-20(19)34-11-14-8-30-4-5-32-9-13(30)10-33-14/h2-3,6-7,12-14H,4-5,8-11H2,1H3,(H,27,28,29)/t13-,14-/m0/s1. The molecule has 0 aliphatic carbocycles. The summed E-state index contributed by atoms with van der Waals surface area (Å²) in [5.74, 6) is -0.473. The van der Waals surface area contributed by atoms with Crippen LogP contribution in [0.4, 0.5) is 20.3 Å².